The van der Waals surface area contributed by atoms with E-state index in [2.05, 4.69) is 58.9 Å². The monoisotopic (exact) mass is 680 g/mol. The predicted octanol–water partition coefficient (Wildman–Crippen LogP) is 1.86. The first kappa shape index (κ1) is 37.4. The SMILES string of the molecule is CCCCCCC(CC)C1(C)C2CC=C(F)CNC1C(C(=O)NC1CNCC(F)C1N1CCN(C(=O)N3CCN(C)CC3)CC1)C(N)N2. The molecule has 9 atom stereocenters. The molecule has 4 fully saturated rings. The van der Waals surface area contributed by atoms with Crippen molar-refractivity contribution in [2.45, 2.75) is 102 Å². The molecule has 13 heteroatoms. The molecule has 4 saturated heterocycles. The molecule has 0 aliphatic carbocycles. The van der Waals surface area contributed by atoms with Crippen molar-refractivity contribution in [3.05, 3.63) is 11.9 Å². The number of amides is 3. The lowest BCUT2D eigenvalue weighted by Gasteiger charge is -2.57. The highest BCUT2D eigenvalue weighted by Gasteiger charge is 2.56. The summed E-state index contributed by atoms with van der Waals surface area (Å²) in [5.41, 5.74) is 6.43. The Morgan fingerprint density at radius 3 is 2.40 bits per heavy atom. The van der Waals surface area contributed by atoms with Crippen LogP contribution < -0.4 is 27.0 Å². The smallest absolute Gasteiger partial charge is 0.320 e. The van der Waals surface area contributed by atoms with Gasteiger partial charge in [0.1, 0.15) is 12.0 Å². The Morgan fingerprint density at radius 2 is 1.73 bits per heavy atom. The van der Waals surface area contributed by atoms with Crippen LogP contribution in [0.1, 0.15) is 65.7 Å². The van der Waals surface area contributed by atoms with Crippen LogP contribution in [0.15, 0.2) is 11.9 Å². The molecule has 11 nitrogen and oxygen atoms in total. The topological polar surface area (TPSA) is 121 Å². The van der Waals surface area contributed by atoms with Crippen molar-refractivity contribution in [1.82, 2.24) is 40.9 Å². The number of carbonyl (C=O) groups excluding carboxylic acids is 2. The summed E-state index contributed by atoms with van der Waals surface area (Å²) in [6, 6.07) is -1.37. The van der Waals surface area contributed by atoms with E-state index in [1.54, 1.807) is 6.08 Å². The number of likely N-dealkylation sites (N-methyl/N-ethyl adjacent to an activating group) is 1. The summed E-state index contributed by atoms with van der Waals surface area (Å²) in [5, 5.41) is 13.5. The van der Waals surface area contributed by atoms with Gasteiger partial charge in [-0.15, -0.1) is 0 Å². The summed E-state index contributed by atoms with van der Waals surface area (Å²) in [6.45, 7) is 12.7. The van der Waals surface area contributed by atoms with Crippen molar-refractivity contribution in [3.8, 4) is 0 Å². The Hall–Kier alpha value is -1.90. The molecule has 5 heterocycles. The molecule has 2 bridgehead atoms. The van der Waals surface area contributed by atoms with Crippen LogP contribution in [0.3, 0.4) is 0 Å². The van der Waals surface area contributed by atoms with E-state index in [1.165, 1.54) is 19.3 Å². The minimum Gasteiger partial charge on any atom is -0.350 e. The molecule has 5 aliphatic heterocycles. The quantitative estimate of drug-likeness (QED) is 0.222. The summed E-state index contributed by atoms with van der Waals surface area (Å²) >= 11 is 0. The molecule has 0 aromatic carbocycles. The van der Waals surface area contributed by atoms with Crippen molar-refractivity contribution < 1.29 is 18.4 Å². The summed E-state index contributed by atoms with van der Waals surface area (Å²) in [6.07, 6.45) is 7.04. The lowest BCUT2D eigenvalue weighted by Crippen LogP contribution is -2.76. The summed E-state index contributed by atoms with van der Waals surface area (Å²) in [7, 11) is 2.07. The van der Waals surface area contributed by atoms with Crippen molar-refractivity contribution in [2.75, 3.05) is 79.0 Å². The Bertz CT molecular complexity index is 1100. The van der Waals surface area contributed by atoms with Gasteiger partial charge in [-0.05, 0) is 31.9 Å². The standard InChI is InChI=1S/C35H63F2N9O2/c1-5-7-8-9-10-24(6-2)35(3)28-12-11-25(36)21-40-31(35)29(32(38)42-28)33(47)41-27-23-39-22-26(37)30(27)44-17-19-46(20-18-44)34(48)45-15-13-43(4)14-16-45/h11,24,26-32,39-40,42H,5-10,12-23,38H2,1-4H3,(H,41,47). The first-order chi connectivity index (χ1) is 23.1. The van der Waals surface area contributed by atoms with Crippen LogP contribution in [0.5, 0.6) is 0 Å². The van der Waals surface area contributed by atoms with Gasteiger partial charge in [0.2, 0.25) is 5.91 Å². The number of alkyl halides is 1. The van der Waals surface area contributed by atoms with Gasteiger partial charge >= 0.3 is 6.03 Å². The maximum Gasteiger partial charge on any atom is 0.320 e. The number of nitrogens with one attached hydrogen (secondary N) is 4. The fourth-order valence-corrected chi connectivity index (χ4v) is 9.32. The highest BCUT2D eigenvalue weighted by molar-refractivity contribution is 5.81. The number of fused-ring (bicyclic) bond motifs is 2. The Kier molecular flexibility index (Phi) is 13.1. The number of rotatable bonds is 10. The second kappa shape index (κ2) is 16.9. The Balaban J connectivity index is 1.29. The molecule has 6 N–H and O–H groups in total. The van der Waals surface area contributed by atoms with Crippen LogP contribution in [0.2, 0.25) is 0 Å². The second-order valence-electron chi connectivity index (χ2n) is 15.2. The maximum atomic E-state index is 15.8. The van der Waals surface area contributed by atoms with Crippen LogP contribution in [0.4, 0.5) is 13.6 Å². The van der Waals surface area contributed by atoms with Gasteiger partial charge in [0.25, 0.3) is 0 Å². The van der Waals surface area contributed by atoms with E-state index in [0.717, 1.165) is 45.4 Å². The van der Waals surface area contributed by atoms with E-state index in [4.69, 9.17) is 5.73 Å². The van der Waals surface area contributed by atoms with Crippen LogP contribution in [0.25, 0.3) is 0 Å². The Labute approximate surface area is 287 Å². The van der Waals surface area contributed by atoms with Crippen LogP contribution in [-0.2, 0) is 4.79 Å². The zero-order valence-corrected chi connectivity index (χ0v) is 29.9. The largest absolute Gasteiger partial charge is 0.350 e. The van der Waals surface area contributed by atoms with Gasteiger partial charge < -0.3 is 36.4 Å². The number of nitrogens with zero attached hydrogens (tertiary/aromatic N) is 4. The molecule has 0 saturated carbocycles. The van der Waals surface area contributed by atoms with E-state index >= 15 is 4.39 Å². The predicted molar refractivity (Wildman–Crippen MR) is 186 cm³/mol. The van der Waals surface area contributed by atoms with Crippen molar-refractivity contribution in [1.29, 1.82) is 0 Å². The third-order valence-corrected chi connectivity index (χ3v) is 12.3. The molecular formula is C35H63F2N9O2. The van der Waals surface area contributed by atoms with Crippen molar-refractivity contribution in [3.63, 3.8) is 0 Å². The number of carbonyl (C=O) groups is 2. The lowest BCUT2D eigenvalue weighted by atomic mass is 9.57. The first-order valence-corrected chi connectivity index (χ1v) is 18.8. The van der Waals surface area contributed by atoms with E-state index in [0.29, 0.717) is 45.1 Å². The molecule has 48 heavy (non-hydrogen) atoms. The zero-order chi connectivity index (χ0) is 34.4. The molecule has 5 aliphatic rings. The number of hydrogen-bond donors (Lipinski definition) is 5. The van der Waals surface area contributed by atoms with E-state index < -0.39 is 30.3 Å². The number of piperazine rings is 2. The summed E-state index contributed by atoms with van der Waals surface area (Å²) in [5.74, 6) is -0.800. The van der Waals surface area contributed by atoms with Gasteiger partial charge in [-0.2, -0.15) is 0 Å². The second-order valence-corrected chi connectivity index (χ2v) is 15.2. The van der Waals surface area contributed by atoms with E-state index in [1.807, 2.05) is 9.80 Å². The number of piperidine rings is 2. The van der Waals surface area contributed by atoms with E-state index in [9.17, 15) is 14.0 Å². The molecule has 0 spiro atoms. The normalized spacial score (nSPS) is 36.1. The van der Waals surface area contributed by atoms with E-state index in [-0.39, 0.29) is 48.4 Å². The van der Waals surface area contributed by atoms with Gasteiger partial charge in [0.05, 0.1) is 24.2 Å². The molecule has 0 aromatic rings. The van der Waals surface area contributed by atoms with Gasteiger partial charge in [0.15, 0.2) is 0 Å². The fraction of sp³-hybridized carbons (Fsp3) is 0.886. The van der Waals surface area contributed by atoms with Crippen LogP contribution in [-0.4, -0.2) is 147 Å². The average molecular weight is 680 g/mol. The summed E-state index contributed by atoms with van der Waals surface area (Å²) in [4.78, 5) is 35.8. The van der Waals surface area contributed by atoms with Gasteiger partial charge in [0, 0.05) is 89.5 Å². The van der Waals surface area contributed by atoms with Gasteiger partial charge in [-0.1, -0.05) is 52.9 Å². The molecule has 9 unspecified atom stereocenters. The molecular weight excluding hydrogens is 616 g/mol. The zero-order valence-electron chi connectivity index (χ0n) is 29.9. The highest BCUT2D eigenvalue weighted by Crippen LogP contribution is 2.47. The maximum absolute atomic E-state index is 15.8. The number of nitrogens with two attached hydrogens (primary N) is 1. The molecule has 3 amide bonds. The van der Waals surface area contributed by atoms with Crippen molar-refractivity contribution in [2.24, 2.45) is 23.0 Å². The van der Waals surface area contributed by atoms with Crippen LogP contribution >= 0.6 is 0 Å². The first-order valence-electron chi connectivity index (χ1n) is 18.8. The third-order valence-electron chi connectivity index (χ3n) is 12.3. The number of halogens is 2. The average Bonchev–Trinajstić information content (AvgIpc) is 3.07. The number of hydrogen-bond acceptors (Lipinski definition) is 8. The van der Waals surface area contributed by atoms with Gasteiger partial charge in [-0.3, -0.25) is 15.0 Å². The minimum atomic E-state index is -1.18. The number of urea groups is 1. The molecule has 274 valence electrons. The molecule has 5 rings (SSSR count). The highest BCUT2D eigenvalue weighted by atomic mass is 19.1. The fourth-order valence-electron chi connectivity index (χ4n) is 9.32. The summed E-state index contributed by atoms with van der Waals surface area (Å²) < 4.78 is 30.6. The Morgan fingerprint density at radius 1 is 1.04 bits per heavy atom. The third kappa shape index (κ3) is 8.18. The van der Waals surface area contributed by atoms with Crippen LogP contribution in [0, 0.1) is 17.3 Å². The van der Waals surface area contributed by atoms with Crippen molar-refractivity contribution >= 4 is 11.9 Å². The minimum absolute atomic E-state index is 0.0589. The lowest BCUT2D eigenvalue weighted by molar-refractivity contribution is -0.135. The molecule has 0 radical (unpaired) electrons. The van der Waals surface area contributed by atoms with Gasteiger partial charge in [-0.25, -0.2) is 13.6 Å². The molecule has 0 aromatic heterocycles. The number of unbranched alkanes of at least 4 members (excludes halogenated alkanes) is 3.